The van der Waals surface area contributed by atoms with Crippen molar-refractivity contribution >= 4 is 5.91 Å². The number of hydrogen-bond acceptors (Lipinski definition) is 2. The van der Waals surface area contributed by atoms with Crippen molar-refractivity contribution in [3.8, 4) is 0 Å². The van der Waals surface area contributed by atoms with Gasteiger partial charge in [-0.05, 0) is 37.5 Å². The number of nitrogens with one attached hydrogen (secondary N) is 1. The Hall–Kier alpha value is -0.570. The van der Waals surface area contributed by atoms with Crippen molar-refractivity contribution in [3.63, 3.8) is 0 Å². The van der Waals surface area contributed by atoms with Crippen LogP contribution in [0.25, 0.3) is 0 Å². The van der Waals surface area contributed by atoms with E-state index >= 15 is 0 Å². The van der Waals surface area contributed by atoms with Crippen molar-refractivity contribution in [1.82, 2.24) is 10.2 Å². The highest BCUT2D eigenvalue weighted by Crippen LogP contribution is 2.50. The van der Waals surface area contributed by atoms with Gasteiger partial charge in [-0.1, -0.05) is 46.5 Å². The summed E-state index contributed by atoms with van der Waals surface area (Å²) in [6.07, 6.45) is 11.0. The van der Waals surface area contributed by atoms with Gasteiger partial charge in [-0.25, -0.2) is 0 Å². The predicted molar refractivity (Wildman–Crippen MR) is 83.4 cm³/mol. The van der Waals surface area contributed by atoms with Crippen LogP contribution >= 0.6 is 0 Å². The van der Waals surface area contributed by atoms with E-state index in [0.717, 1.165) is 32.2 Å². The molecule has 0 aromatic carbocycles. The molecule has 2 unspecified atom stereocenters. The van der Waals surface area contributed by atoms with Crippen LogP contribution in [0.5, 0.6) is 0 Å². The van der Waals surface area contributed by atoms with Crippen LogP contribution in [0.4, 0.5) is 0 Å². The predicted octanol–water partition coefficient (Wildman–Crippen LogP) is 3.68. The monoisotopic (exact) mass is 280 g/mol. The number of rotatable bonds is 9. The molecule has 1 amide bonds. The molecule has 3 heteroatoms. The van der Waals surface area contributed by atoms with Gasteiger partial charge in [0.1, 0.15) is 0 Å². The highest BCUT2D eigenvalue weighted by atomic mass is 16.2. The van der Waals surface area contributed by atoms with Crippen molar-refractivity contribution in [2.24, 2.45) is 5.41 Å². The maximum absolute atomic E-state index is 12.7. The van der Waals surface area contributed by atoms with E-state index < -0.39 is 0 Å². The number of amides is 1. The summed E-state index contributed by atoms with van der Waals surface area (Å²) in [6, 6.07) is 0.0870. The van der Waals surface area contributed by atoms with Crippen molar-refractivity contribution in [2.45, 2.75) is 90.8 Å². The van der Waals surface area contributed by atoms with Gasteiger partial charge in [-0.2, -0.15) is 0 Å². The standard InChI is InChI=1S/C17H32N2O/c1-4-7-9-14-16(20)19(15(18-14)8-5-2)13-17(10-6-3)11-12-17/h14-15,18H,4-13H2,1-3H3. The molecule has 20 heavy (non-hydrogen) atoms. The second-order valence-electron chi connectivity index (χ2n) is 6.88. The number of hydrogen-bond donors (Lipinski definition) is 1. The summed E-state index contributed by atoms with van der Waals surface area (Å²) in [6.45, 7) is 7.67. The van der Waals surface area contributed by atoms with Gasteiger partial charge in [0.05, 0.1) is 12.2 Å². The maximum Gasteiger partial charge on any atom is 0.241 e. The van der Waals surface area contributed by atoms with Gasteiger partial charge >= 0.3 is 0 Å². The first-order valence-electron chi connectivity index (χ1n) is 8.72. The maximum atomic E-state index is 12.7. The second-order valence-corrected chi connectivity index (χ2v) is 6.88. The van der Waals surface area contributed by atoms with Crippen LogP contribution in [-0.4, -0.2) is 29.6 Å². The van der Waals surface area contributed by atoms with Crippen molar-refractivity contribution in [1.29, 1.82) is 0 Å². The molecule has 0 spiro atoms. The quantitative estimate of drug-likeness (QED) is 0.698. The van der Waals surface area contributed by atoms with Crippen molar-refractivity contribution in [2.75, 3.05) is 6.54 Å². The summed E-state index contributed by atoms with van der Waals surface area (Å²) < 4.78 is 0. The lowest BCUT2D eigenvalue weighted by Crippen LogP contribution is -2.41. The first-order valence-corrected chi connectivity index (χ1v) is 8.72. The average Bonchev–Trinajstić information content (AvgIpc) is 3.13. The smallest absolute Gasteiger partial charge is 0.241 e. The third-order valence-electron chi connectivity index (χ3n) is 5.00. The first-order chi connectivity index (χ1) is 9.65. The summed E-state index contributed by atoms with van der Waals surface area (Å²) in [5.74, 6) is 0.374. The minimum Gasteiger partial charge on any atom is -0.325 e. The van der Waals surface area contributed by atoms with E-state index in [1.165, 1.54) is 32.1 Å². The summed E-state index contributed by atoms with van der Waals surface area (Å²) in [5, 5.41) is 3.60. The average molecular weight is 280 g/mol. The van der Waals surface area contributed by atoms with Gasteiger partial charge in [0.2, 0.25) is 5.91 Å². The van der Waals surface area contributed by atoms with E-state index in [0.29, 0.717) is 17.5 Å². The molecule has 2 rings (SSSR count). The van der Waals surface area contributed by atoms with Crippen molar-refractivity contribution < 1.29 is 4.79 Å². The molecule has 1 N–H and O–H groups in total. The fourth-order valence-corrected chi connectivity index (χ4v) is 3.62. The highest BCUT2D eigenvalue weighted by Gasteiger charge is 2.47. The fraction of sp³-hybridized carbons (Fsp3) is 0.941. The molecule has 2 atom stereocenters. The first kappa shape index (κ1) is 15.8. The summed E-state index contributed by atoms with van der Waals surface area (Å²) >= 11 is 0. The Labute approximate surface area is 124 Å². The Morgan fingerprint density at radius 2 is 1.90 bits per heavy atom. The zero-order valence-electron chi connectivity index (χ0n) is 13.6. The number of unbranched alkanes of at least 4 members (excludes halogenated alkanes) is 1. The Bertz CT molecular complexity index is 325. The van der Waals surface area contributed by atoms with Crippen LogP contribution in [0.15, 0.2) is 0 Å². The molecule has 0 aromatic rings. The zero-order valence-corrected chi connectivity index (χ0v) is 13.6. The van der Waals surface area contributed by atoms with Crippen molar-refractivity contribution in [3.05, 3.63) is 0 Å². The lowest BCUT2D eigenvalue weighted by molar-refractivity contribution is -0.131. The van der Waals surface area contributed by atoms with Crippen LogP contribution < -0.4 is 5.32 Å². The topological polar surface area (TPSA) is 32.3 Å². The van der Waals surface area contributed by atoms with E-state index in [2.05, 4.69) is 31.0 Å². The Morgan fingerprint density at radius 3 is 2.45 bits per heavy atom. The third kappa shape index (κ3) is 3.55. The molecule has 0 aromatic heterocycles. The van der Waals surface area contributed by atoms with Crippen LogP contribution in [0, 0.1) is 5.41 Å². The summed E-state index contributed by atoms with van der Waals surface area (Å²) in [4.78, 5) is 14.9. The molecule has 1 aliphatic heterocycles. The number of carbonyl (C=O) groups is 1. The van der Waals surface area contributed by atoms with Gasteiger partial charge in [0, 0.05) is 6.54 Å². The molecule has 116 valence electrons. The van der Waals surface area contributed by atoms with Gasteiger partial charge in [0.15, 0.2) is 0 Å². The molecule has 1 saturated heterocycles. The Kier molecular flexibility index (Phi) is 5.48. The van der Waals surface area contributed by atoms with Gasteiger partial charge in [0.25, 0.3) is 0 Å². The minimum absolute atomic E-state index is 0.0870. The van der Waals surface area contributed by atoms with E-state index in [9.17, 15) is 4.79 Å². The van der Waals surface area contributed by atoms with Crippen LogP contribution in [-0.2, 0) is 4.79 Å². The molecule has 0 radical (unpaired) electrons. The lowest BCUT2D eigenvalue weighted by Gasteiger charge is -2.28. The van der Waals surface area contributed by atoms with Crippen LogP contribution in [0.1, 0.15) is 78.6 Å². The van der Waals surface area contributed by atoms with Crippen LogP contribution in [0.3, 0.4) is 0 Å². The third-order valence-corrected chi connectivity index (χ3v) is 5.00. The molecule has 1 heterocycles. The van der Waals surface area contributed by atoms with Gasteiger partial charge in [-0.15, -0.1) is 0 Å². The van der Waals surface area contributed by atoms with Crippen LogP contribution in [0.2, 0.25) is 0 Å². The fourth-order valence-electron chi connectivity index (χ4n) is 3.62. The second kappa shape index (κ2) is 6.93. The van der Waals surface area contributed by atoms with E-state index in [1.807, 2.05) is 0 Å². The Morgan fingerprint density at radius 1 is 1.15 bits per heavy atom. The lowest BCUT2D eigenvalue weighted by atomic mass is 9.99. The molecule has 2 aliphatic rings. The highest BCUT2D eigenvalue weighted by molar-refractivity contribution is 5.84. The van der Waals surface area contributed by atoms with Gasteiger partial charge in [-0.3, -0.25) is 10.1 Å². The minimum atomic E-state index is 0.0870. The van der Waals surface area contributed by atoms with E-state index in [-0.39, 0.29) is 6.04 Å². The molecule has 1 saturated carbocycles. The summed E-state index contributed by atoms with van der Waals surface area (Å²) in [5.41, 5.74) is 0.470. The zero-order chi connectivity index (χ0) is 14.6. The molecule has 2 fully saturated rings. The Balaban J connectivity index is 1.98. The van der Waals surface area contributed by atoms with E-state index in [4.69, 9.17) is 0 Å². The van der Waals surface area contributed by atoms with Gasteiger partial charge < -0.3 is 4.90 Å². The SMILES string of the molecule is CCCCC1NC(CCC)N(CC2(CCC)CC2)C1=O. The molecule has 0 bridgehead atoms. The molecular weight excluding hydrogens is 248 g/mol. The molecule has 3 nitrogen and oxygen atoms in total. The number of nitrogens with zero attached hydrogens (tertiary/aromatic N) is 1. The summed E-state index contributed by atoms with van der Waals surface area (Å²) in [7, 11) is 0. The molecular formula is C17H32N2O. The number of carbonyl (C=O) groups excluding carboxylic acids is 1. The molecule has 1 aliphatic carbocycles. The normalized spacial score (nSPS) is 28.1. The largest absolute Gasteiger partial charge is 0.325 e. The van der Waals surface area contributed by atoms with E-state index in [1.54, 1.807) is 0 Å².